The van der Waals surface area contributed by atoms with Crippen molar-refractivity contribution in [3.8, 4) is 0 Å². The summed E-state index contributed by atoms with van der Waals surface area (Å²) >= 11 is 0. The number of piperidine rings is 1. The van der Waals surface area contributed by atoms with Crippen LogP contribution in [0.25, 0.3) is 0 Å². The monoisotopic (exact) mass is 316 g/mol. The fourth-order valence-electron chi connectivity index (χ4n) is 3.66. The Labute approximate surface area is 126 Å². The minimum Gasteiger partial charge on any atom is -0.369 e. The minimum absolute atomic E-state index is 0.0972. The van der Waals surface area contributed by atoms with Gasteiger partial charge in [-0.25, -0.2) is 0 Å². The van der Waals surface area contributed by atoms with Crippen LogP contribution in [0.5, 0.6) is 0 Å². The first-order valence-electron chi connectivity index (χ1n) is 7.35. The van der Waals surface area contributed by atoms with Gasteiger partial charge < -0.3 is 11.1 Å². The normalized spacial score (nSPS) is 31.5. The van der Waals surface area contributed by atoms with Gasteiger partial charge in [0.2, 0.25) is 5.91 Å². The lowest BCUT2D eigenvalue weighted by molar-refractivity contribution is -0.142. The van der Waals surface area contributed by atoms with Crippen LogP contribution in [0.15, 0.2) is 6.20 Å². The van der Waals surface area contributed by atoms with E-state index in [0.717, 1.165) is 6.42 Å². The molecule has 3 atom stereocenters. The van der Waals surface area contributed by atoms with Gasteiger partial charge in [0, 0.05) is 30.3 Å². The molecular weight excluding hydrogens is 297 g/mol. The van der Waals surface area contributed by atoms with Crippen LogP contribution in [0.4, 0.5) is 13.2 Å². The van der Waals surface area contributed by atoms with E-state index in [0.29, 0.717) is 25.8 Å². The predicted octanol–water partition coefficient (Wildman–Crippen LogP) is 1.22. The van der Waals surface area contributed by atoms with Crippen LogP contribution in [0.3, 0.4) is 0 Å². The zero-order valence-corrected chi connectivity index (χ0v) is 12.3. The minimum atomic E-state index is -4.44. The Kier molecular flexibility index (Phi) is 3.47. The smallest absolute Gasteiger partial charge is 0.369 e. The third kappa shape index (κ3) is 2.71. The Morgan fingerprint density at radius 2 is 2.27 bits per heavy atom. The molecular formula is C14H19F3N4O. The Morgan fingerprint density at radius 3 is 2.91 bits per heavy atom. The van der Waals surface area contributed by atoms with Crippen molar-refractivity contribution in [1.29, 1.82) is 0 Å². The van der Waals surface area contributed by atoms with Crippen molar-refractivity contribution in [1.82, 2.24) is 15.1 Å². The molecule has 1 spiro atoms. The number of carbonyl (C=O) groups excluding carboxylic acids is 1. The van der Waals surface area contributed by atoms with Gasteiger partial charge in [-0.2, -0.15) is 18.3 Å². The molecule has 3 N–H and O–H groups in total. The van der Waals surface area contributed by atoms with Crippen LogP contribution < -0.4 is 11.1 Å². The number of primary amides is 1. The van der Waals surface area contributed by atoms with Crippen molar-refractivity contribution in [3.63, 3.8) is 0 Å². The lowest BCUT2D eigenvalue weighted by Crippen LogP contribution is -2.45. The largest absolute Gasteiger partial charge is 0.435 e. The molecule has 2 aliphatic rings. The van der Waals surface area contributed by atoms with Crippen molar-refractivity contribution < 1.29 is 18.0 Å². The standard InChI is InChI=1S/C14H19F3N4O/c1-21-7-9(11(20-21)14(15,16)17)4-10-6-13(10)5-8(12(18)22)2-3-19-13/h7-8,10,19H,2-6H2,1H3,(H2,18,22). The number of alkyl halides is 3. The van der Waals surface area contributed by atoms with E-state index in [9.17, 15) is 18.0 Å². The molecule has 1 saturated carbocycles. The van der Waals surface area contributed by atoms with E-state index in [2.05, 4.69) is 10.4 Å². The fraction of sp³-hybridized carbons (Fsp3) is 0.714. The van der Waals surface area contributed by atoms with E-state index in [1.165, 1.54) is 17.9 Å². The van der Waals surface area contributed by atoms with Crippen LogP contribution >= 0.6 is 0 Å². The number of hydrogen-bond donors (Lipinski definition) is 2. The summed E-state index contributed by atoms with van der Waals surface area (Å²) in [5, 5.41) is 6.91. The summed E-state index contributed by atoms with van der Waals surface area (Å²) in [5.41, 5.74) is 4.56. The number of aromatic nitrogens is 2. The zero-order valence-electron chi connectivity index (χ0n) is 12.3. The number of aryl methyl sites for hydroxylation is 1. The van der Waals surface area contributed by atoms with Gasteiger partial charge >= 0.3 is 6.18 Å². The molecule has 0 aromatic carbocycles. The van der Waals surface area contributed by atoms with Gasteiger partial charge in [0.25, 0.3) is 0 Å². The quantitative estimate of drug-likeness (QED) is 0.881. The molecule has 22 heavy (non-hydrogen) atoms. The first-order valence-corrected chi connectivity index (χ1v) is 7.35. The lowest BCUT2D eigenvalue weighted by Gasteiger charge is -2.30. The second-order valence-corrected chi connectivity index (χ2v) is 6.45. The molecule has 0 bridgehead atoms. The van der Waals surface area contributed by atoms with Crippen molar-refractivity contribution in [2.45, 2.75) is 37.4 Å². The zero-order chi connectivity index (χ0) is 16.1. The molecule has 1 amide bonds. The third-order valence-electron chi connectivity index (χ3n) is 4.85. The summed E-state index contributed by atoms with van der Waals surface area (Å²) in [4.78, 5) is 11.4. The second-order valence-electron chi connectivity index (χ2n) is 6.45. The molecule has 8 heteroatoms. The summed E-state index contributed by atoms with van der Waals surface area (Å²) < 4.78 is 40.1. The van der Waals surface area contributed by atoms with Crippen LogP contribution in [0, 0.1) is 11.8 Å². The summed E-state index contributed by atoms with van der Waals surface area (Å²) in [7, 11) is 1.49. The molecule has 2 fully saturated rings. The Morgan fingerprint density at radius 1 is 1.55 bits per heavy atom. The van der Waals surface area contributed by atoms with Crippen molar-refractivity contribution in [3.05, 3.63) is 17.5 Å². The molecule has 3 rings (SSSR count). The van der Waals surface area contributed by atoms with Crippen LogP contribution in [0.1, 0.15) is 30.5 Å². The maximum absolute atomic E-state index is 13.0. The van der Waals surface area contributed by atoms with E-state index in [1.807, 2.05) is 0 Å². The molecule has 1 aliphatic carbocycles. The number of halogens is 3. The summed E-state index contributed by atoms with van der Waals surface area (Å²) in [6.07, 6.45) is -0.582. The lowest BCUT2D eigenvalue weighted by atomic mass is 9.88. The highest BCUT2D eigenvalue weighted by molar-refractivity contribution is 5.77. The first-order chi connectivity index (χ1) is 10.2. The van der Waals surface area contributed by atoms with E-state index in [1.54, 1.807) is 0 Å². The molecule has 1 aromatic rings. The van der Waals surface area contributed by atoms with Gasteiger partial charge in [0.15, 0.2) is 5.69 Å². The van der Waals surface area contributed by atoms with Gasteiger partial charge in [-0.3, -0.25) is 9.48 Å². The van der Waals surface area contributed by atoms with Crippen molar-refractivity contribution >= 4 is 5.91 Å². The first kappa shape index (κ1) is 15.3. The highest BCUT2D eigenvalue weighted by Crippen LogP contribution is 2.52. The van der Waals surface area contributed by atoms with Crippen LogP contribution in [-0.4, -0.2) is 27.8 Å². The fourth-order valence-corrected chi connectivity index (χ4v) is 3.66. The Balaban J connectivity index is 1.73. The van der Waals surface area contributed by atoms with E-state index < -0.39 is 11.9 Å². The van der Waals surface area contributed by atoms with Gasteiger partial charge in [-0.1, -0.05) is 0 Å². The summed E-state index contributed by atoms with van der Waals surface area (Å²) in [6, 6.07) is 0. The van der Waals surface area contributed by atoms with Gasteiger partial charge in [-0.15, -0.1) is 0 Å². The number of rotatable bonds is 3. The number of nitrogens with two attached hydrogens (primary N) is 1. The number of nitrogens with one attached hydrogen (secondary N) is 1. The number of nitrogens with zero attached hydrogens (tertiary/aromatic N) is 2. The highest BCUT2D eigenvalue weighted by atomic mass is 19.4. The van der Waals surface area contributed by atoms with E-state index >= 15 is 0 Å². The molecule has 5 nitrogen and oxygen atoms in total. The SMILES string of the molecule is Cn1cc(CC2CC23CC(C(N)=O)CCN3)c(C(F)(F)F)n1. The molecule has 1 saturated heterocycles. The van der Waals surface area contributed by atoms with Crippen LogP contribution in [0.2, 0.25) is 0 Å². The second kappa shape index (κ2) is 4.97. The summed E-state index contributed by atoms with van der Waals surface area (Å²) in [5.74, 6) is -0.397. The van der Waals surface area contributed by atoms with Crippen molar-refractivity contribution in [2.75, 3.05) is 6.54 Å². The van der Waals surface area contributed by atoms with Gasteiger partial charge in [0.1, 0.15) is 0 Å². The molecule has 0 radical (unpaired) electrons. The average molecular weight is 316 g/mol. The predicted molar refractivity (Wildman–Crippen MR) is 72.7 cm³/mol. The van der Waals surface area contributed by atoms with Gasteiger partial charge in [0.05, 0.1) is 0 Å². The molecule has 2 heterocycles. The Bertz CT molecular complexity index is 597. The number of amides is 1. The molecule has 1 aromatic heterocycles. The topological polar surface area (TPSA) is 72.9 Å². The summed E-state index contributed by atoms with van der Waals surface area (Å²) in [6.45, 7) is 0.684. The third-order valence-corrected chi connectivity index (χ3v) is 4.85. The van der Waals surface area contributed by atoms with Crippen LogP contribution in [-0.2, 0) is 24.4 Å². The maximum atomic E-state index is 13.0. The number of hydrogen-bond acceptors (Lipinski definition) is 3. The molecule has 3 unspecified atom stereocenters. The number of carbonyl (C=O) groups is 1. The van der Waals surface area contributed by atoms with Crippen molar-refractivity contribution in [2.24, 2.45) is 24.6 Å². The maximum Gasteiger partial charge on any atom is 0.435 e. The molecule has 1 aliphatic heterocycles. The van der Waals surface area contributed by atoms with E-state index in [4.69, 9.17) is 5.73 Å². The highest BCUT2D eigenvalue weighted by Gasteiger charge is 2.56. The Hall–Kier alpha value is -1.57. The average Bonchev–Trinajstić information content (AvgIpc) is 2.88. The van der Waals surface area contributed by atoms with Gasteiger partial charge in [-0.05, 0) is 38.1 Å². The van der Waals surface area contributed by atoms with E-state index in [-0.39, 0.29) is 28.8 Å². The molecule has 122 valence electrons.